The number of hydrogen-bond donors (Lipinski definition) is 1. The zero-order valence-electron chi connectivity index (χ0n) is 14.5. The number of thiophene rings is 1. The van der Waals surface area contributed by atoms with Crippen LogP contribution in [0.15, 0.2) is 54.6 Å². The summed E-state index contributed by atoms with van der Waals surface area (Å²) in [7, 11) is 0. The molecule has 0 unspecified atom stereocenters. The average molecular weight is 345 g/mol. The van der Waals surface area contributed by atoms with Gasteiger partial charge in [0.15, 0.2) is 5.82 Å². The maximum Gasteiger partial charge on any atom is 0.163 e. The molecule has 1 N–H and O–H groups in total. The van der Waals surface area contributed by atoms with E-state index in [1.165, 1.54) is 16.0 Å². The Kier molecular flexibility index (Phi) is 3.98. The normalized spacial score (nSPS) is 11.0. The van der Waals surface area contributed by atoms with Gasteiger partial charge in [0.2, 0.25) is 0 Å². The highest BCUT2D eigenvalue weighted by Gasteiger charge is 2.13. The molecule has 0 spiro atoms. The molecule has 0 fully saturated rings. The van der Waals surface area contributed by atoms with Gasteiger partial charge in [0, 0.05) is 16.1 Å². The van der Waals surface area contributed by atoms with E-state index in [2.05, 4.69) is 50.4 Å². The summed E-state index contributed by atoms with van der Waals surface area (Å²) in [6.07, 6.45) is 0. The van der Waals surface area contributed by atoms with Gasteiger partial charge in [-0.3, -0.25) is 0 Å². The second-order valence-corrected chi connectivity index (χ2v) is 7.52. The zero-order chi connectivity index (χ0) is 17.4. The highest BCUT2D eigenvalue weighted by Crippen LogP contribution is 2.33. The van der Waals surface area contributed by atoms with Gasteiger partial charge in [-0.2, -0.15) is 0 Å². The van der Waals surface area contributed by atoms with Crippen molar-refractivity contribution in [2.75, 3.05) is 5.32 Å². The third kappa shape index (κ3) is 3.13. The minimum atomic E-state index is 0.753. The molecule has 0 radical (unpaired) electrons. The molecule has 0 saturated carbocycles. The van der Waals surface area contributed by atoms with Crippen molar-refractivity contribution in [1.82, 2.24) is 9.97 Å². The van der Waals surface area contributed by atoms with Crippen molar-refractivity contribution < 1.29 is 0 Å². The van der Waals surface area contributed by atoms with Gasteiger partial charge in [0.25, 0.3) is 0 Å². The molecule has 4 heteroatoms. The molecule has 2 heterocycles. The second-order valence-electron chi connectivity index (χ2n) is 6.28. The smallest absolute Gasteiger partial charge is 0.163 e. The van der Waals surface area contributed by atoms with Gasteiger partial charge >= 0.3 is 0 Å². The number of nitrogens with zero attached hydrogens (tertiary/aromatic N) is 2. The summed E-state index contributed by atoms with van der Waals surface area (Å²) < 4.78 is 0. The number of benzene rings is 2. The van der Waals surface area contributed by atoms with Crippen LogP contribution in [0, 0.1) is 20.8 Å². The topological polar surface area (TPSA) is 37.8 Å². The van der Waals surface area contributed by atoms with Crippen molar-refractivity contribution >= 4 is 33.1 Å². The van der Waals surface area contributed by atoms with Crippen LogP contribution in [-0.2, 0) is 0 Å². The molecule has 124 valence electrons. The molecule has 0 amide bonds. The SMILES string of the molecule is Cc1ccc(C)c(Nc2nc(-c3ccccc3)nc3sc(C)cc23)c1. The fourth-order valence-electron chi connectivity index (χ4n) is 2.85. The van der Waals surface area contributed by atoms with Gasteiger partial charge in [-0.05, 0) is 44.0 Å². The molecule has 2 aromatic carbocycles. The van der Waals surface area contributed by atoms with E-state index in [4.69, 9.17) is 9.97 Å². The maximum absolute atomic E-state index is 4.83. The number of aromatic nitrogens is 2. The first kappa shape index (κ1) is 15.8. The summed E-state index contributed by atoms with van der Waals surface area (Å²) in [5.41, 5.74) is 4.54. The molecule has 0 aliphatic carbocycles. The van der Waals surface area contributed by atoms with E-state index in [9.17, 15) is 0 Å². The van der Waals surface area contributed by atoms with Crippen LogP contribution >= 0.6 is 11.3 Å². The van der Waals surface area contributed by atoms with Gasteiger partial charge in [-0.1, -0.05) is 42.5 Å². The molecule has 4 rings (SSSR count). The van der Waals surface area contributed by atoms with Crippen LogP contribution in [0.2, 0.25) is 0 Å². The predicted octanol–water partition coefficient (Wildman–Crippen LogP) is 6.03. The molecular weight excluding hydrogens is 326 g/mol. The Morgan fingerprint density at radius 1 is 0.880 bits per heavy atom. The fourth-order valence-corrected chi connectivity index (χ4v) is 3.73. The Morgan fingerprint density at radius 3 is 2.48 bits per heavy atom. The van der Waals surface area contributed by atoms with Crippen molar-refractivity contribution in [3.8, 4) is 11.4 Å². The highest BCUT2D eigenvalue weighted by atomic mass is 32.1. The Bertz CT molecular complexity index is 1050. The number of rotatable bonds is 3. The first-order chi connectivity index (χ1) is 12.1. The largest absolute Gasteiger partial charge is 0.339 e. The van der Waals surface area contributed by atoms with E-state index in [1.54, 1.807) is 11.3 Å². The van der Waals surface area contributed by atoms with Crippen LogP contribution < -0.4 is 5.32 Å². The Labute approximate surface area is 151 Å². The second kappa shape index (κ2) is 6.30. The lowest BCUT2D eigenvalue weighted by Gasteiger charge is -2.12. The van der Waals surface area contributed by atoms with Crippen molar-refractivity contribution in [2.45, 2.75) is 20.8 Å². The van der Waals surface area contributed by atoms with E-state index in [-0.39, 0.29) is 0 Å². The first-order valence-electron chi connectivity index (χ1n) is 8.28. The zero-order valence-corrected chi connectivity index (χ0v) is 15.3. The molecular formula is C21H19N3S. The molecule has 0 saturated heterocycles. The third-order valence-electron chi connectivity index (χ3n) is 4.19. The van der Waals surface area contributed by atoms with Gasteiger partial charge < -0.3 is 5.32 Å². The van der Waals surface area contributed by atoms with Crippen molar-refractivity contribution in [1.29, 1.82) is 0 Å². The summed E-state index contributed by atoms with van der Waals surface area (Å²) in [5.74, 6) is 1.62. The van der Waals surface area contributed by atoms with Gasteiger partial charge in [-0.25, -0.2) is 9.97 Å². The van der Waals surface area contributed by atoms with Gasteiger partial charge in [-0.15, -0.1) is 11.3 Å². The van der Waals surface area contributed by atoms with Crippen LogP contribution in [0.5, 0.6) is 0 Å². The van der Waals surface area contributed by atoms with Gasteiger partial charge in [0.05, 0.1) is 5.39 Å². The summed E-state index contributed by atoms with van der Waals surface area (Å²) in [6.45, 7) is 6.32. The first-order valence-corrected chi connectivity index (χ1v) is 9.10. The number of hydrogen-bond acceptors (Lipinski definition) is 4. The quantitative estimate of drug-likeness (QED) is 0.493. The number of fused-ring (bicyclic) bond motifs is 1. The minimum absolute atomic E-state index is 0.753. The number of nitrogens with one attached hydrogen (secondary N) is 1. The number of aryl methyl sites for hydroxylation is 3. The highest BCUT2D eigenvalue weighted by molar-refractivity contribution is 7.18. The van der Waals surface area contributed by atoms with E-state index < -0.39 is 0 Å². The molecule has 0 atom stereocenters. The molecule has 0 bridgehead atoms. The molecule has 0 aliphatic heterocycles. The summed E-state index contributed by atoms with van der Waals surface area (Å²) >= 11 is 1.70. The van der Waals surface area contributed by atoms with Crippen LogP contribution in [-0.4, -0.2) is 9.97 Å². The summed E-state index contributed by atoms with van der Waals surface area (Å²) in [5, 5.41) is 4.61. The molecule has 2 aromatic heterocycles. The number of anilines is 2. The lowest BCUT2D eigenvalue weighted by Crippen LogP contribution is -1.99. The van der Waals surface area contributed by atoms with Gasteiger partial charge in [0.1, 0.15) is 10.6 Å². The van der Waals surface area contributed by atoms with E-state index in [0.29, 0.717) is 0 Å². The Balaban J connectivity index is 1.88. The minimum Gasteiger partial charge on any atom is -0.339 e. The summed E-state index contributed by atoms with van der Waals surface area (Å²) in [6, 6.07) is 18.7. The van der Waals surface area contributed by atoms with Crippen LogP contribution in [0.4, 0.5) is 11.5 Å². The van der Waals surface area contributed by atoms with Crippen molar-refractivity contribution in [3.63, 3.8) is 0 Å². The summed E-state index contributed by atoms with van der Waals surface area (Å²) in [4.78, 5) is 11.9. The predicted molar refractivity (Wildman–Crippen MR) is 107 cm³/mol. The average Bonchev–Trinajstić information content (AvgIpc) is 2.99. The van der Waals surface area contributed by atoms with Crippen molar-refractivity contribution in [3.05, 3.63) is 70.6 Å². The molecule has 0 aliphatic rings. The monoisotopic (exact) mass is 345 g/mol. The molecule has 25 heavy (non-hydrogen) atoms. The fraction of sp³-hybridized carbons (Fsp3) is 0.143. The van der Waals surface area contributed by atoms with E-state index in [0.717, 1.165) is 33.1 Å². The van der Waals surface area contributed by atoms with Crippen LogP contribution in [0.25, 0.3) is 21.6 Å². The van der Waals surface area contributed by atoms with Crippen molar-refractivity contribution in [2.24, 2.45) is 0 Å². The van der Waals surface area contributed by atoms with E-state index in [1.807, 2.05) is 30.3 Å². The van der Waals surface area contributed by atoms with E-state index >= 15 is 0 Å². The molecule has 3 nitrogen and oxygen atoms in total. The maximum atomic E-state index is 4.83. The lowest BCUT2D eigenvalue weighted by molar-refractivity contribution is 1.23. The molecule has 4 aromatic rings. The Hall–Kier alpha value is -2.72. The lowest BCUT2D eigenvalue weighted by atomic mass is 10.1. The third-order valence-corrected chi connectivity index (χ3v) is 5.14. The Morgan fingerprint density at radius 2 is 1.68 bits per heavy atom. The van der Waals surface area contributed by atoms with Crippen LogP contribution in [0.1, 0.15) is 16.0 Å². The standard InChI is InChI=1S/C21H19N3S/c1-13-9-10-14(2)18(11-13)22-20-17-12-15(3)25-21(17)24-19(23-20)16-7-5-4-6-8-16/h4-12H,1-3H3,(H,22,23,24). The van der Waals surface area contributed by atoms with Crippen LogP contribution in [0.3, 0.4) is 0 Å².